The third kappa shape index (κ3) is 7.11. The highest BCUT2D eigenvalue weighted by Crippen LogP contribution is 2.40. The highest BCUT2D eigenvalue weighted by atomic mass is 16.3. The molecule has 0 unspecified atom stereocenters. The van der Waals surface area contributed by atoms with Crippen LogP contribution in [0.2, 0.25) is 0 Å². The summed E-state index contributed by atoms with van der Waals surface area (Å²) in [7, 11) is 0. The van der Waals surface area contributed by atoms with Crippen LogP contribution in [-0.4, -0.2) is 0 Å². The van der Waals surface area contributed by atoms with Crippen molar-refractivity contribution in [2.45, 2.75) is 0 Å². The van der Waals surface area contributed by atoms with Crippen LogP contribution in [0, 0.1) is 0 Å². The molecule has 0 fully saturated rings. The molecule has 10 aromatic rings. The van der Waals surface area contributed by atoms with E-state index in [2.05, 4.69) is 223 Å². The van der Waals surface area contributed by atoms with E-state index in [1.807, 2.05) is 18.2 Å². The van der Waals surface area contributed by atoms with E-state index >= 15 is 0 Å². The molecule has 0 amide bonds. The van der Waals surface area contributed by atoms with Crippen LogP contribution in [0.15, 0.2) is 241 Å². The molecule has 2 nitrogen and oxygen atoms in total. The zero-order chi connectivity index (χ0) is 38.7. The van der Waals surface area contributed by atoms with Gasteiger partial charge in [0.15, 0.2) is 0 Å². The van der Waals surface area contributed by atoms with Crippen molar-refractivity contribution < 1.29 is 4.42 Å². The predicted molar refractivity (Wildman–Crippen MR) is 244 cm³/mol. The number of furan rings is 1. The zero-order valence-corrected chi connectivity index (χ0v) is 31.9. The summed E-state index contributed by atoms with van der Waals surface area (Å²) in [5.41, 5.74) is 17.0. The molecule has 274 valence electrons. The predicted octanol–water partition coefficient (Wildman–Crippen LogP) is 15.9. The number of hydrogen-bond acceptors (Lipinski definition) is 2. The largest absolute Gasteiger partial charge is 0.456 e. The number of nitrogens with zero attached hydrogens (tertiary/aromatic N) is 1. The summed E-state index contributed by atoms with van der Waals surface area (Å²) in [5.74, 6) is 0.847. The first-order chi connectivity index (χ1) is 28.7. The Hall–Kier alpha value is -7.68. The molecule has 0 aliphatic heterocycles. The molecular weight excluding hydrogens is 703 g/mol. The fraction of sp³-hybridized carbons (Fsp3) is 0. The number of hydrogen-bond donors (Lipinski definition) is 0. The summed E-state index contributed by atoms with van der Waals surface area (Å²) in [6.45, 7) is 0. The molecule has 0 saturated heterocycles. The molecule has 0 atom stereocenters. The van der Waals surface area contributed by atoms with Gasteiger partial charge in [0.1, 0.15) is 11.3 Å². The fourth-order valence-electron chi connectivity index (χ4n) is 7.87. The van der Waals surface area contributed by atoms with Gasteiger partial charge in [-0.1, -0.05) is 164 Å². The van der Waals surface area contributed by atoms with Crippen LogP contribution in [0.1, 0.15) is 0 Å². The van der Waals surface area contributed by atoms with Crippen LogP contribution in [0.4, 0.5) is 17.1 Å². The highest BCUT2D eigenvalue weighted by Gasteiger charge is 2.16. The van der Waals surface area contributed by atoms with E-state index in [-0.39, 0.29) is 0 Å². The molecule has 0 spiro atoms. The average molecular weight is 742 g/mol. The van der Waals surface area contributed by atoms with Gasteiger partial charge in [-0.3, -0.25) is 0 Å². The van der Waals surface area contributed by atoms with Gasteiger partial charge in [0.05, 0.1) is 0 Å². The van der Waals surface area contributed by atoms with Gasteiger partial charge in [-0.15, -0.1) is 0 Å². The summed E-state index contributed by atoms with van der Waals surface area (Å²) in [4.78, 5) is 2.33. The van der Waals surface area contributed by atoms with E-state index in [0.29, 0.717) is 0 Å². The maximum Gasteiger partial charge on any atom is 0.135 e. The van der Waals surface area contributed by atoms with E-state index in [0.717, 1.165) is 44.9 Å². The summed E-state index contributed by atoms with van der Waals surface area (Å²) in [5, 5.41) is 1.09. The van der Waals surface area contributed by atoms with Gasteiger partial charge in [-0.25, -0.2) is 0 Å². The molecule has 0 N–H and O–H groups in total. The Kier molecular flexibility index (Phi) is 9.27. The van der Waals surface area contributed by atoms with Crippen molar-refractivity contribution in [3.8, 4) is 67.0 Å². The van der Waals surface area contributed by atoms with Crippen LogP contribution < -0.4 is 4.90 Å². The van der Waals surface area contributed by atoms with E-state index in [9.17, 15) is 0 Å². The highest BCUT2D eigenvalue weighted by molar-refractivity contribution is 5.87. The normalized spacial score (nSPS) is 11.1. The minimum absolute atomic E-state index is 0.847. The van der Waals surface area contributed by atoms with Gasteiger partial charge in [-0.2, -0.15) is 0 Å². The summed E-state index contributed by atoms with van der Waals surface area (Å²) in [6.07, 6.45) is 0. The summed E-state index contributed by atoms with van der Waals surface area (Å²) < 4.78 is 6.34. The Balaban J connectivity index is 1.05. The number of fused-ring (bicyclic) bond motifs is 1. The smallest absolute Gasteiger partial charge is 0.135 e. The Morgan fingerprint density at radius 2 is 0.638 bits per heavy atom. The third-order valence-corrected chi connectivity index (χ3v) is 10.8. The van der Waals surface area contributed by atoms with Gasteiger partial charge >= 0.3 is 0 Å². The van der Waals surface area contributed by atoms with Crippen LogP contribution in [-0.2, 0) is 0 Å². The number of para-hydroxylation sites is 1. The quantitative estimate of drug-likeness (QED) is 0.146. The molecule has 1 heterocycles. The monoisotopic (exact) mass is 741 g/mol. The summed E-state index contributed by atoms with van der Waals surface area (Å²) in [6, 6.07) is 84.3. The number of rotatable bonds is 9. The maximum absolute atomic E-state index is 6.34. The minimum Gasteiger partial charge on any atom is -0.456 e. The van der Waals surface area contributed by atoms with Gasteiger partial charge in [0.25, 0.3) is 0 Å². The van der Waals surface area contributed by atoms with E-state index in [1.54, 1.807) is 0 Å². The minimum atomic E-state index is 0.847. The van der Waals surface area contributed by atoms with Crippen LogP contribution in [0.3, 0.4) is 0 Å². The van der Waals surface area contributed by atoms with Crippen LogP contribution in [0.5, 0.6) is 0 Å². The lowest BCUT2D eigenvalue weighted by Gasteiger charge is -2.26. The second kappa shape index (κ2) is 15.5. The Morgan fingerprint density at radius 3 is 1.17 bits per heavy atom. The average Bonchev–Trinajstić information content (AvgIpc) is 3.75. The van der Waals surface area contributed by atoms with Gasteiger partial charge < -0.3 is 9.32 Å². The lowest BCUT2D eigenvalue weighted by molar-refractivity contribution is 0.631. The van der Waals surface area contributed by atoms with Gasteiger partial charge in [0.2, 0.25) is 0 Å². The lowest BCUT2D eigenvalue weighted by atomic mass is 9.93. The first-order valence-electron chi connectivity index (χ1n) is 19.7. The van der Waals surface area contributed by atoms with E-state index in [4.69, 9.17) is 4.42 Å². The molecule has 2 heteroatoms. The molecule has 0 saturated carbocycles. The summed E-state index contributed by atoms with van der Waals surface area (Å²) >= 11 is 0. The lowest BCUT2D eigenvalue weighted by Crippen LogP contribution is -2.10. The van der Waals surface area contributed by atoms with E-state index in [1.165, 1.54) is 50.1 Å². The second-order valence-electron chi connectivity index (χ2n) is 14.6. The van der Waals surface area contributed by atoms with Crippen molar-refractivity contribution in [2.24, 2.45) is 0 Å². The molecule has 9 aromatic carbocycles. The zero-order valence-electron chi connectivity index (χ0n) is 31.9. The maximum atomic E-state index is 6.34. The van der Waals surface area contributed by atoms with Crippen molar-refractivity contribution >= 4 is 28.0 Å². The Bertz CT molecular complexity index is 2880. The van der Waals surface area contributed by atoms with Crippen molar-refractivity contribution in [3.63, 3.8) is 0 Å². The van der Waals surface area contributed by atoms with Gasteiger partial charge in [0, 0.05) is 28.0 Å². The molecule has 58 heavy (non-hydrogen) atoms. The first-order valence-corrected chi connectivity index (χ1v) is 19.7. The van der Waals surface area contributed by atoms with E-state index < -0.39 is 0 Å². The molecular formula is C56H39NO. The molecule has 0 bridgehead atoms. The Morgan fingerprint density at radius 1 is 0.241 bits per heavy atom. The van der Waals surface area contributed by atoms with Crippen molar-refractivity contribution in [3.05, 3.63) is 237 Å². The fourth-order valence-corrected chi connectivity index (χ4v) is 7.87. The molecule has 10 rings (SSSR count). The van der Waals surface area contributed by atoms with Gasteiger partial charge in [-0.05, 0) is 128 Å². The number of anilines is 3. The molecule has 0 aliphatic rings. The molecule has 0 radical (unpaired) electrons. The topological polar surface area (TPSA) is 16.4 Å². The van der Waals surface area contributed by atoms with Crippen molar-refractivity contribution in [1.29, 1.82) is 0 Å². The van der Waals surface area contributed by atoms with Crippen molar-refractivity contribution in [1.82, 2.24) is 0 Å². The SMILES string of the molecule is c1ccc(-c2cccc(-c3ccc(N(c4ccc(-c5cc(-c6ccccc6)cc(-c6ccccc6)c5)cc4)c4cccc(-c5cc6ccccc6o5)c4)cc3)c2)cc1. The number of benzene rings is 9. The second-order valence-corrected chi connectivity index (χ2v) is 14.6. The Labute approximate surface area is 339 Å². The molecule has 0 aliphatic carbocycles. The standard InChI is InChI=1S/C56H39NO/c1-4-14-40(15-5-1)45-21-12-22-46(34-45)43-26-30-52(31-27-43)57(54-24-13-23-47(38-54)56-39-48-20-10-11-25-55(48)58-56)53-32-28-44(29-33-53)51-36-49(41-16-6-2-7-17-41)35-50(37-51)42-18-8-3-9-19-42/h1-39H. The first kappa shape index (κ1) is 34.8. The molecule has 1 aromatic heterocycles. The van der Waals surface area contributed by atoms with Crippen molar-refractivity contribution in [2.75, 3.05) is 4.90 Å². The van der Waals surface area contributed by atoms with Crippen LogP contribution >= 0.6 is 0 Å². The van der Waals surface area contributed by atoms with Crippen LogP contribution in [0.25, 0.3) is 77.9 Å². The third-order valence-electron chi connectivity index (χ3n) is 10.8.